The van der Waals surface area contributed by atoms with Gasteiger partial charge >= 0.3 is 5.97 Å². The van der Waals surface area contributed by atoms with E-state index in [2.05, 4.69) is 10.3 Å². The Bertz CT molecular complexity index is 938. The lowest BCUT2D eigenvalue weighted by Crippen LogP contribution is -2.21. The molecule has 0 saturated heterocycles. The second-order valence-electron chi connectivity index (χ2n) is 5.50. The molecule has 1 aromatic heterocycles. The molecule has 2 N–H and O–H groups in total. The number of hydrogen-bond acceptors (Lipinski definition) is 6. The largest absolute Gasteiger partial charge is 0.507 e. The molecule has 0 aliphatic rings. The third kappa shape index (κ3) is 4.07. The maximum atomic E-state index is 12.0. The van der Waals surface area contributed by atoms with Crippen LogP contribution in [0.3, 0.4) is 0 Å². The normalized spacial score (nSPS) is 10.3. The van der Waals surface area contributed by atoms with Crippen LogP contribution in [0.2, 0.25) is 0 Å². The van der Waals surface area contributed by atoms with Crippen LogP contribution in [0.15, 0.2) is 53.9 Å². The van der Waals surface area contributed by atoms with Crippen molar-refractivity contribution >= 4 is 28.3 Å². The fourth-order valence-corrected chi connectivity index (χ4v) is 3.00. The van der Waals surface area contributed by atoms with Crippen LogP contribution in [-0.2, 0) is 9.53 Å². The van der Waals surface area contributed by atoms with Crippen molar-refractivity contribution in [2.24, 2.45) is 0 Å². The van der Waals surface area contributed by atoms with E-state index in [1.165, 1.54) is 17.4 Å². The van der Waals surface area contributed by atoms with Crippen LogP contribution < -0.4 is 5.32 Å². The van der Waals surface area contributed by atoms with Crippen molar-refractivity contribution < 1.29 is 19.4 Å². The number of rotatable bonds is 5. The number of aromatic hydroxyl groups is 1. The van der Waals surface area contributed by atoms with E-state index < -0.39 is 18.5 Å². The Labute approximate surface area is 154 Å². The summed E-state index contributed by atoms with van der Waals surface area (Å²) in [5.74, 6) is -1.41. The molecule has 26 heavy (non-hydrogen) atoms. The number of phenolic OH excluding ortho intramolecular Hbond substituents is 1. The number of ether oxygens (including phenoxy) is 1. The predicted octanol–water partition coefficient (Wildman–Crippen LogP) is 3.62. The van der Waals surface area contributed by atoms with Gasteiger partial charge in [-0.05, 0) is 18.6 Å². The van der Waals surface area contributed by atoms with Crippen LogP contribution >= 0.6 is 11.3 Å². The molecule has 0 spiro atoms. The van der Waals surface area contributed by atoms with Crippen LogP contribution in [0.1, 0.15) is 15.9 Å². The Hall–Kier alpha value is -3.19. The van der Waals surface area contributed by atoms with Gasteiger partial charge in [0.05, 0.1) is 5.69 Å². The summed E-state index contributed by atoms with van der Waals surface area (Å²) < 4.78 is 4.96. The van der Waals surface area contributed by atoms with Crippen molar-refractivity contribution in [1.82, 2.24) is 4.98 Å². The molecule has 0 bridgehead atoms. The first-order chi connectivity index (χ1) is 12.5. The van der Waals surface area contributed by atoms with Crippen molar-refractivity contribution in [3.8, 4) is 17.0 Å². The third-order valence-corrected chi connectivity index (χ3v) is 4.37. The van der Waals surface area contributed by atoms with Crippen molar-refractivity contribution in [1.29, 1.82) is 0 Å². The highest BCUT2D eigenvalue weighted by Gasteiger charge is 2.16. The van der Waals surface area contributed by atoms with E-state index in [1.807, 2.05) is 35.7 Å². The van der Waals surface area contributed by atoms with Gasteiger partial charge in [0.2, 0.25) is 0 Å². The summed E-state index contributed by atoms with van der Waals surface area (Å²) in [6, 6.07) is 14.3. The molecule has 0 fully saturated rings. The molecule has 0 unspecified atom stereocenters. The summed E-state index contributed by atoms with van der Waals surface area (Å²) in [6.45, 7) is 1.21. The van der Waals surface area contributed by atoms with E-state index in [0.29, 0.717) is 10.7 Å². The number of aryl methyl sites for hydroxylation is 1. The van der Waals surface area contributed by atoms with Gasteiger partial charge in [-0.25, -0.2) is 9.78 Å². The first-order valence-electron chi connectivity index (χ1n) is 7.81. The van der Waals surface area contributed by atoms with E-state index in [4.69, 9.17) is 4.74 Å². The number of nitrogens with zero attached hydrogens (tertiary/aromatic N) is 1. The molecule has 3 rings (SSSR count). The monoisotopic (exact) mass is 368 g/mol. The number of thiazole rings is 1. The molecular weight excluding hydrogens is 352 g/mol. The molecule has 0 atom stereocenters. The van der Waals surface area contributed by atoms with Gasteiger partial charge in [0.25, 0.3) is 5.91 Å². The Morgan fingerprint density at radius 3 is 2.69 bits per heavy atom. The van der Waals surface area contributed by atoms with Gasteiger partial charge in [0, 0.05) is 10.9 Å². The first-order valence-corrected chi connectivity index (χ1v) is 8.69. The maximum absolute atomic E-state index is 12.0. The van der Waals surface area contributed by atoms with E-state index in [0.717, 1.165) is 11.3 Å². The van der Waals surface area contributed by atoms with Crippen molar-refractivity contribution in [3.05, 3.63) is 65.0 Å². The Kier molecular flexibility index (Phi) is 5.28. The molecule has 1 amide bonds. The van der Waals surface area contributed by atoms with Crippen molar-refractivity contribution in [3.63, 3.8) is 0 Å². The summed E-state index contributed by atoms with van der Waals surface area (Å²) in [5, 5.41) is 14.7. The summed E-state index contributed by atoms with van der Waals surface area (Å²) >= 11 is 1.28. The number of esters is 1. The number of benzene rings is 2. The van der Waals surface area contributed by atoms with Gasteiger partial charge in [0.15, 0.2) is 11.7 Å². The Morgan fingerprint density at radius 2 is 1.92 bits per heavy atom. The van der Waals surface area contributed by atoms with Gasteiger partial charge in [-0.2, -0.15) is 0 Å². The lowest BCUT2D eigenvalue weighted by molar-refractivity contribution is -0.119. The fraction of sp³-hybridized carbons (Fsp3) is 0.105. The lowest BCUT2D eigenvalue weighted by atomic mass is 10.1. The summed E-state index contributed by atoms with van der Waals surface area (Å²) in [7, 11) is 0. The van der Waals surface area contributed by atoms with E-state index in [-0.39, 0.29) is 11.3 Å². The maximum Gasteiger partial charge on any atom is 0.342 e. The van der Waals surface area contributed by atoms with Crippen LogP contribution in [0.4, 0.5) is 5.13 Å². The molecule has 2 aromatic carbocycles. The highest BCUT2D eigenvalue weighted by atomic mass is 32.1. The molecule has 132 valence electrons. The average Bonchev–Trinajstić information content (AvgIpc) is 3.11. The second-order valence-corrected chi connectivity index (χ2v) is 6.36. The number of aromatic nitrogens is 1. The highest BCUT2D eigenvalue weighted by Crippen LogP contribution is 2.25. The van der Waals surface area contributed by atoms with Crippen molar-refractivity contribution in [2.75, 3.05) is 11.9 Å². The smallest absolute Gasteiger partial charge is 0.342 e. The quantitative estimate of drug-likeness (QED) is 0.672. The molecule has 0 radical (unpaired) electrons. The molecule has 7 heteroatoms. The minimum Gasteiger partial charge on any atom is -0.507 e. The molecule has 0 aliphatic heterocycles. The Morgan fingerprint density at radius 1 is 1.15 bits per heavy atom. The number of amides is 1. The zero-order chi connectivity index (χ0) is 18.5. The minimum atomic E-state index is -0.759. The molecule has 6 nitrogen and oxygen atoms in total. The standard InChI is InChI=1S/C19H16N2O4S/c1-12-6-5-9-14(17(12)23)18(24)25-10-16(22)21-19-20-15(11-26-19)13-7-3-2-4-8-13/h2-9,11,23H,10H2,1H3,(H,20,21,22). The number of carbonyl (C=O) groups is 2. The fourth-order valence-electron chi connectivity index (χ4n) is 2.26. The first kappa shape index (κ1) is 17.6. The van der Waals surface area contributed by atoms with Crippen LogP contribution in [0.5, 0.6) is 5.75 Å². The minimum absolute atomic E-state index is 0.0263. The van der Waals surface area contributed by atoms with Crippen LogP contribution in [0.25, 0.3) is 11.3 Å². The van der Waals surface area contributed by atoms with Gasteiger partial charge in [-0.3, -0.25) is 10.1 Å². The number of anilines is 1. The zero-order valence-corrected chi connectivity index (χ0v) is 14.7. The van der Waals surface area contributed by atoms with Gasteiger partial charge in [-0.15, -0.1) is 11.3 Å². The van der Waals surface area contributed by atoms with Gasteiger partial charge in [-0.1, -0.05) is 42.5 Å². The van der Waals surface area contributed by atoms with E-state index in [1.54, 1.807) is 19.1 Å². The van der Waals surface area contributed by atoms with Crippen molar-refractivity contribution in [2.45, 2.75) is 6.92 Å². The molecule has 0 aliphatic carbocycles. The predicted molar refractivity (Wildman–Crippen MR) is 99.3 cm³/mol. The summed E-state index contributed by atoms with van der Waals surface area (Å²) in [4.78, 5) is 28.3. The van der Waals surface area contributed by atoms with E-state index in [9.17, 15) is 14.7 Å². The average molecular weight is 368 g/mol. The van der Waals surface area contributed by atoms with Crippen LogP contribution in [0, 0.1) is 6.92 Å². The SMILES string of the molecule is Cc1cccc(C(=O)OCC(=O)Nc2nc(-c3ccccc3)cs2)c1O. The summed E-state index contributed by atoms with van der Waals surface area (Å²) in [5.41, 5.74) is 2.29. The zero-order valence-electron chi connectivity index (χ0n) is 13.9. The lowest BCUT2D eigenvalue weighted by Gasteiger charge is -2.07. The molecule has 1 heterocycles. The topological polar surface area (TPSA) is 88.5 Å². The number of nitrogens with one attached hydrogen (secondary N) is 1. The number of phenols is 1. The summed E-state index contributed by atoms with van der Waals surface area (Å²) in [6.07, 6.45) is 0. The van der Waals surface area contributed by atoms with Gasteiger partial charge in [0.1, 0.15) is 11.3 Å². The second kappa shape index (κ2) is 7.79. The number of para-hydroxylation sites is 1. The van der Waals surface area contributed by atoms with Crippen LogP contribution in [-0.4, -0.2) is 28.6 Å². The number of carbonyl (C=O) groups excluding carboxylic acids is 2. The molecule has 3 aromatic rings. The molecular formula is C19H16N2O4S. The molecule has 0 saturated carbocycles. The Balaban J connectivity index is 1.57. The number of hydrogen-bond donors (Lipinski definition) is 2. The van der Waals surface area contributed by atoms with Gasteiger partial charge < -0.3 is 9.84 Å². The highest BCUT2D eigenvalue weighted by molar-refractivity contribution is 7.14. The third-order valence-electron chi connectivity index (χ3n) is 3.61. The van der Waals surface area contributed by atoms with E-state index >= 15 is 0 Å².